The molecule has 0 N–H and O–H groups in total. The van der Waals surface area contributed by atoms with Gasteiger partial charge in [0.05, 0.1) is 11.8 Å². The van der Waals surface area contributed by atoms with Crippen LogP contribution in [-0.2, 0) is 9.76 Å². The Morgan fingerprint density at radius 1 is 0.711 bits per heavy atom. The molecule has 1 atom stereocenters. The van der Waals surface area contributed by atoms with Crippen molar-refractivity contribution in [1.82, 2.24) is 9.97 Å². The van der Waals surface area contributed by atoms with Crippen LogP contribution in [0.25, 0.3) is 0 Å². The average Bonchev–Trinajstić information content (AvgIpc) is 2.83. The molecule has 38 heavy (non-hydrogen) atoms. The molecule has 0 aliphatic heterocycles. The van der Waals surface area contributed by atoms with E-state index in [1.807, 2.05) is 13.0 Å². The Hall–Kier alpha value is -0.346. The summed E-state index contributed by atoms with van der Waals surface area (Å²) < 4.78 is -1.22. The molecule has 0 aliphatic carbocycles. The van der Waals surface area contributed by atoms with Crippen LogP contribution in [-0.4, -0.2) is 15.2 Å². The zero-order valence-electron chi connectivity index (χ0n) is 24.5. The van der Waals surface area contributed by atoms with E-state index in [0.29, 0.717) is 0 Å². The molecule has 1 aromatic heterocycles. The average molecular weight is 885 g/mol. The van der Waals surface area contributed by atoms with Gasteiger partial charge in [-0.2, -0.15) is 5.26 Å². The van der Waals surface area contributed by atoms with Crippen molar-refractivity contribution in [3.63, 3.8) is 0 Å². The van der Waals surface area contributed by atoms with E-state index in [2.05, 4.69) is 140 Å². The van der Waals surface area contributed by atoms with Crippen molar-refractivity contribution in [2.24, 2.45) is 0 Å². The van der Waals surface area contributed by atoms with E-state index in [1.165, 1.54) is 61.2 Å². The summed E-state index contributed by atoms with van der Waals surface area (Å²) in [5.41, 5.74) is 17.2. The number of aromatic nitrogens is 2. The van der Waals surface area contributed by atoms with E-state index in [-0.39, 0.29) is 0 Å². The molecule has 0 saturated heterocycles. The fourth-order valence-electron chi connectivity index (χ4n) is 5.16. The van der Waals surface area contributed by atoms with Gasteiger partial charge in [-0.1, -0.05) is 0 Å². The number of nitriles is 1. The van der Waals surface area contributed by atoms with E-state index in [4.69, 9.17) is 9.97 Å². The van der Waals surface area contributed by atoms with E-state index >= 15 is 0 Å². The first-order valence-corrected chi connectivity index (χ1v) is 27.1. The van der Waals surface area contributed by atoms with Gasteiger partial charge in [0.15, 0.2) is 0 Å². The Kier molecular flexibility index (Phi) is 12.1. The number of hydrogen-bond acceptors (Lipinski definition) is 3. The van der Waals surface area contributed by atoms with Crippen LogP contribution < -0.4 is 0 Å². The maximum atomic E-state index is 10.3. The van der Waals surface area contributed by atoms with Gasteiger partial charge in [0, 0.05) is 12.1 Å². The molecule has 0 aliphatic rings. The Bertz CT molecular complexity index is 1410. The predicted octanol–water partition coefficient (Wildman–Crippen LogP) is 9.74. The SMILES string of the molecule is Cc1nc(Cc2c(C)c(C)c(C)c(C)c2C)cc(C(C#N)c2c(C)c(C)c(C)c(C)c2C)n1.[CH2]=[V]([I])([I])[I]. The van der Waals surface area contributed by atoms with E-state index in [0.717, 1.165) is 29.2 Å². The molecule has 0 radical (unpaired) electrons. The van der Waals surface area contributed by atoms with Crippen LogP contribution in [0.5, 0.6) is 0 Å². The zero-order chi connectivity index (χ0) is 29.3. The van der Waals surface area contributed by atoms with Crippen LogP contribution in [0.4, 0.5) is 0 Å². The number of benzene rings is 2. The number of halogens is 3. The summed E-state index contributed by atoms with van der Waals surface area (Å²) in [7, 11) is 0. The Balaban J connectivity index is 0.000000926. The molecular formula is C31H39I3N3V. The van der Waals surface area contributed by atoms with Gasteiger partial charge in [0.25, 0.3) is 0 Å². The Morgan fingerprint density at radius 3 is 1.47 bits per heavy atom. The summed E-state index contributed by atoms with van der Waals surface area (Å²) in [6.45, 7) is 23.7. The molecule has 0 amide bonds. The maximum absolute atomic E-state index is 10.3. The molecular weight excluding hydrogens is 846 g/mol. The van der Waals surface area contributed by atoms with Crippen molar-refractivity contribution in [2.75, 3.05) is 0 Å². The number of nitrogens with zero attached hydrogens (tertiary/aromatic N) is 3. The molecule has 0 bridgehead atoms. The van der Waals surface area contributed by atoms with Gasteiger partial charge in [-0.15, -0.1) is 0 Å². The van der Waals surface area contributed by atoms with Gasteiger partial charge >= 0.3 is 68.5 Å². The molecule has 2 aromatic carbocycles. The first kappa shape index (κ1) is 33.9. The first-order chi connectivity index (χ1) is 17.4. The van der Waals surface area contributed by atoms with Crippen molar-refractivity contribution in [1.29, 1.82) is 5.26 Å². The summed E-state index contributed by atoms with van der Waals surface area (Å²) >= 11 is 7.23. The third-order valence-corrected chi connectivity index (χ3v) is 8.20. The molecule has 0 fully saturated rings. The van der Waals surface area contributed by atoms with Gasteiger partial charge in [-0.05, 0) is 149 Å². The standard InChI is InChI=1S/C30H37N3.CH2.3HI.V/c1-15-17(3)21(7)27(22(8)18(15)4)12-26-13-29(33-25(11)32-26)28(14-31)30-23(9)19(5)16(2)20(6)24(30)10;;;;;/h13,28H,12H2,1-11H3;1H2;3*1H;/q;;;;;+3/p-3. The third kappa shape index (κ3) is 7.89. The summed E-state index contributed by atoms with van der Waals surface area (Å²) in [6, 6.07) is 4.62. The molecule has 3 rings (SSSR count). The quantitative estimate of drug-likeness (QED) is 0.246. The van der Waals surface area contributed by atoms with Crippen LogP contribution in [0, 0.1) is 87.5 Å². The van der Waals surface area contributed by atoms with Crippen LogP contribution in [0.2, 0.25) is 0 Å². The van der Waals surface area contributed by atoms with Gasteiger partial charge in [0.2, 0.25) is 0 Å². The van der Waals surface area contributed by atoms with Crippen LogP contribution >= 0.6 is 59.9 Å². The topological polar surface area (TPSA) is 49.6 Å². The van der Waals surface area contributed by atoms with Crippen molar-refractivity contribution in [3.05, 3.63) is 90.0 Å². The van der Waals surface area contributed by atoms with Crippen LogP contribution in [0.15, 0.2) is 6.07 Å². The molecule has 0 saturated carbocycles. The van der Waals surface area contributed by atoms with Crippen molar-refractivity contribution in [3.8, 4) is 6.07 Å². The van der Waals surface area contributed by atoms with E-state index in [1.54, 1.807) is 0 Å². The summed E-state index contributed by atoms with van der Waals surface area (Å²) in [6.07, 6.45) is 0.748. The van der Waals surface area contributed by atoms with Crippen LogP contribution in [0.3, 0.4) is 0 Å². The number of hydrogen-bond donors (Lipinski definition) is 0. The summed E-state index contributed by atoms with van der Waals surface area (Å²) in [5, 5.41) is 14.2. The molecule has 204 valence electrons. The third-order valence-electron chi connectivity index (χ3n) is 8.20. The van der Waals surface area contributed by atoms with E-state index in [9.17, 15) is 5.26 Å². The monoisotopic (exact) mass is 885 g/mol. The first-order valence-electron chi connectivity index (χ1n) is 12.6. The van der Waals surface area contributed by atoms with Crippen LogP contribution in [0.1, 0.15) is 89.9 Å². The molecule has 1 heterocycles. The van der Waals surface area contributed by atoms with Crippen molar-refractivity contribution < 1.29 is 3.34 Å². The minimum absolute atomic E-state index is 0.410. The molecule has 7 heteroatoms. The fourth-order valence-corrected chi connectivity index (χ4v) is 5.16. The van der Waals surface area contributed by atoms with Crippen molar-refractivity contribution in [2.45, 2.75) is 88.5 Å². The van der Waals surface area contributed by atoms with Gasteiger partial charge in [0.1, 0.15) is 11.7 Å². The number of rotatable bonds is 4. The molecule has 0 spiro atoms. The normalized spacial score (nSPS) is 12.0. The van der Waals surface area contributed by atoms with Gasteiger partial charge < -0.3 is 0 Å². The Morgan fingerprint density at radius 2 is 1.08 bits per heavy atom. The molecule has 3 aromatic rings. The second-order valence-corrected chi connectivity index (χ2v) is 55.2. The minimum atomic E-state index is -1.22. The van der Waals surface area contributed by atoms with E-state index < -0.39 is 9.26 Å². The summed E-state index contributed by atoms with van der Waals surface area (Å²) in [4.78, 5) is 9.52. The molecule has 3 nitrogen and oxygen atoms in total. The van der Waals surface area contributed by atoms with Gasteiger partial charge in [-0.3, -0.25) is 0 Å². The molecule has 1 unspecified atom stereocenters. The number of aryl methyl sites for hydroxylation is 1. The second kappa shape index (κ2) is 13.5. The summed E-state index contributed by atoms with van der Waals surface area (Å²) in [5.74, 6) is 0.307. The van der Waals surface area contributed by atoms with Crippen molar-refractivity contribution >= 4 is 65.2 Å². The fraction of sp³-hybridized carbons (Fsp3) is 0.419. The zero-order valence-corrected chi connectivity index (χ0v) is 32.4. The van der Waals surface area contributed by atoms with Gasteiger partial charge in [-0.25, -0.2) is 9.97 Å². The predicted molar refractivity (Wildman–Crippen MR) is 186 cm³/mol. The Labute approximate surface area is 265 Å². The second-order valence-electron chi connectivity index (χ2n) is 10.3.